The molecule has 0 saturated carbocycles. The first-order chi connectivity index (χ1) is 18.5. The van der Waals surface area contributed by atoms with Crippen LogP contribution in [0.3, 0.4) is 0 Å². The second-order valence-electron chi connectivity index (χ2n) is 9.61. The van der Waals surface area contributed by atoms with Crippen molar-refractivity contribution >= 4 is 39.1 Å². The standard InChI is InChI=1S/C30H36ClN3O4S/c1-5-6-18-32-30(36)24(4)33(20-25-11-9-10-23(3)19-25)29(35)21-34(28-13-8-7-12-27(28)31)39(37,38)26-16-14-22(2)15-17-26/h7-17,19,24H,5-6,18,20-21H2,1-4H3,(H,32,36)/t24-/m0/s1. The molecule has 0 aliphatic rings. The molecule has 0 saturated heterocycles. The van der Waals surface area contributed by atoms with Crippen LogP contribution in [0.2, 0.25) is 5.02 Å². The van der Waals surface area contributed by atoms with Crippen LogP contribution in [0.5, 0.6) is 0 Å². The summed E-state index contributed by atoms with van der Waals surface area (Å²) in [5, 5.41) is 3.08. The monoisotopic (exact) mass is 569 g/mol. The number of nitrogens with one attached hydrogen (secondary N) is 1. The molecule has 0 aromatic heterocycles. The number of carbonyl (C=O) groups excluding carboxylic acids is 2. The van der Waals surface area contributed by atoms with Gasteiger partial charge in [-0.2, -0.15) is 0 Å². The number of carbonyl (C=O) groups is 2. The number of sulfonamides is 1. The number of benzene rings is 3. The van der Waals surface area contributed by atoms with Crippen LogP contribution < -0.4 is 9.62 Å². The molecule has 1 atom stereocenters. The van der Waals surface area contributed by atoms with Gasteiger partial charge in [0.25, 0.3) is 10.0 Å². The van der Waals surface area contributed by atoms with Crippen LogP contribution in [0.25, 0.3) is 0 Å². The molecule has 0 heterocycles. The third kappa shape index (κ3) is 7.83. The Kier molecular flexibility index (Phi) is 10.5. The molecular formula is C30H36ClN3O4S. The minimum absolute atomic E-state index is 0.0383. The first kappa shape index (κ1) is 30.2. The van der Waals surface area contributed by atoms with Crippen LogP contribution in [-0.4, -0.2) is 44.3 Å². The Bertz CT molecular complexity index is 1390. The largest absolute Gasteiger partial charge is 0.354 e. The van der Waals surface area contributed by atoms with E-state index in [0.717, 1.165) is 33.8 Å². The van der Waals surface area contributed by atoms with E-state index in [9.17, 15) is 18.0 Å². The zero-order chi connectivity index (χ0) is 28.6. The van der Waals surface area contributed by atoms with Crippen LogP contribution >= 0.6 is 11.6 Å². The quantitative estimate of drug-likeness (QED) is 0.292. The Morgan fingerprint density at radius 2 is 1.64 bits per heavy atom. The Hall–Kier alpha value is -3.36. The van der Waals surface area contributed by atoms with Crippen LogP contribution in [0.15, 0.2) is 77.7 Å². The predicted molar refractivity (Wildman–Crippen MR) is 156 cm³/mol. The summed E-state index contributed by atoms with van der Waals surface area (Å²) in [7, 11) is -4.16. The summed E-state index contributed by atoms with van der Waals surface area (Å²) in [6, 6.07) is 19.7. The summed E-state index contributed by atoms with van der Waals surface area (Å²) in [5.41, 5.74) is 2.94. The fraction of sp³-hybridized carbons (Fsp3) is 0.333. The van der Waals surface area contributed by atoms with E-state index in [1.54, 1.807) is 43.3 Å². The van der Waals surface area contributed by atoms with E-state index in [4.69, 9.17) is 11.6 Å². The summed E-state index contributed by atoms with van der Waals surface area (Å²) in [4.78, 5) is 28.4. The normalized spacial score (nSPS) is 12.0. The number of hydrogen-bond donors (Lipinski definition) is 1. The summed E-state index contributed by atoms with van der Waals surface area (Å²) >= 11 is 6.44. The molecule has 3 aromatic carbocycles. The van der Waals surface area contributed by atoms with Gasteiger partial charge in [-0.25, -0.2) is 8.42 Å². The van der Waals surface area contributed by atoms with Gasteiger partial charge in [-0.3, -0.25) is 13.9 Å². The van der Waals surface area contributed by atoms with Crippen molar-refractivity contribution < 1.29 is 18.0 Å². The molecule has 0 radical (unpaired) electrons. The van der Waals surface area contributed by atoms with Crippen molar-refractivity contribution in [1.82, 2.24) is 10.2 Å². The van der Waals surface area contributed by atoms with Crippen molar-refractivity contribution in [3.8, 4) is 0 Å². The lowest BCUT2D eigenvalue weighted by Gasteiger charge is -2.32. The topological polar surface area (TPSA) is 86.8 Å². The first-order valence-corrected chi connectivity index (χ1v) is 14.8. The molecule has 0 aliphatic carbocycles. The van der Waals surface area contributed by atoms with E-state index >= 15 is 0 Å². The fourth-order valence-corrected chi connectivity index (χ4v) is 5.85. The van der Waals surface area contributed by atoms with Gasteiger partial charge in [0, 0.05) is 13.1 Å². The minimum atomic E-state index is -4.16. The van der Waals surface area contributed by atoms with Gasteiger partial charge in [0.15, 0.2) is 0 Å². The van der Waals surface area contributed by atoms with Crippen LogP contribution in [0.1, 0.15) is 43.4 Å². The maximum Gasteiger partial charge on any atom is 0.264 e. The van der Waals surface area contributed by atoms with Crippen LogP contribution in [-0.2, 0) is 26.2 Å². The highest BCUT2D eigenvalue weighted by atomic mass is 35.5. The van der Waals surface area contributed by atoms with E-state index in [1.165, 1.54) is 17.0 Å². The van der Waals surface area contributed by atoms with Gasteiger partial charge >= 0.3 is 0 Å². The van der Waals surface area contributed by atoms with Crippen molar-refractivity contribution in [3.63, 3.8) is 0 Å². The maximum atomic E-state index is 13.9. The average Bonchev–Trinajstić information content (AvgIpc) is 2.90. The molecule has 7 nitrogen and oxygen atoms in total. The first-order valence-electron chi connectivity index (χ1n) is 13.0. The van der Waals surface area contributed by atoms with E-state index in [-0.39, 0.29) is 28.1 Å². The molecule has 1 N–H and O–H groups in total. The Balaban J connectivity index is 2.01. The number of rotatable bonds is 12. The molecule has 9 heteroatoms. The molecule has 3 rings (SSSR count). The zero-order valence-electron chi connectivity index (χ0n) is 22.9. The van der Waals surface area contributed by atoms with Crippen molar-refractivity contribution in [2.24, 2.45) is 0 Å². The zero-order valence-corrected chi connectivity index (χ0v) is 24.4. The van der Waals surface area contributed by atoms with E-state index in [2.05, 4.69) is 5.32 Å². The molecule has 3 aromatic rings. The molecule has 2 amide bonds. The summed E-state index contributed by atoms with van der Waals surface area (Å²) in [5.74, 6) is -0.819. The third-order valence-corrected chi connectivity index (χ3v) is 8.53. The average molecular weight is 570 g/mol. The predicted octanol–water partition coefficient (Wildman–Crippen LogP) is 5.49. The molecule has 0 aliphatic heterocycles. The van der Waals surface area contributed by atoms with Gasteiger partial charge in [0.1, 0.15) is 12.6 Å². The molecule has 0 spiro atoms. The van der Waals surface area contributed by atoms with E-state index in [0.29, 0.717) is 6.54 Å². The van der Waals surface area contributed by atoms with Crippen molar-refractivity contribution in [2.45, 2.75) is 58.0 Å². The molecule has 0 bridgehead atoms. The maximum absolute atomic E-state index is 13.9. The summed E-state index contributed by atoms with van der Waals surface area (Å²) < 4.78 is 28.7. The number of aryl methyl sites for hydroxylation is 2. The molecule has 39 heavy (non-hydrogen) atoms. The number of nitrogens with zero attached hydrogens (tertiary/aromatic N) is 2. The second-order valence-corrected chi connectivity index (χ2v) is 11.9. The van der Waals surface area contributed by atoms with Crippen LogP contribution in [0, 0.1) is 13.8 Å². The summed E-state index contributed by atoms with van der Waals surface area (Å²) in [6.07, 6.45) is 1.74. The van der Waals surface area contributed by atoms with Gasteiger partial charge in [-0.05, 0) is 57.0 Å². The van der Waals surface area contributed by atoms with Gasteiger partial charge in [-0.15, -0.1) is 0 Å². The van der Waals surface area contributed by atoms with Crippen LogP contribution in [0.4, 0.5) is 5.69 Å². The van der Waals surface area contributed by atoms with E-state index in [1.807, 2.05) is 45.0 Å². The Morgan fingerprint density at radius 3 is 2.28 bits per heavy atom. The number of unbranched alkanes of at least 4 members (excludes halogenated alkanes) is 1. The third-order valence-electron chi connectivity index (χ3n) is 6.44. The Labute approximate surface area is 236 Å². The fourth-order valence-electron chi connectivity index (χ4n) is 4.13. The van der Waals surface area contributed by atoms with Gasteiger partial charge in [-0.1, -0.05) is 84.6 Å². The van der Waals surface area contributed by atoms with E-state index < -0.39 is 28.5 Å². The minimum Gasteiger partial charge on any atom is -0.354 e. The number of amides is 2. The van der Waals surface area contributed by atoms with Crippen molar-refractivity contribution in [2.75, 3.05) is 17.4 Å². The smallest absolute Gasteiger partial charge is 0.264 e. The molecule has 208 valence electrons. The molecule has 0 fully saturated rings. The number of para-hydroxylation sites is 1. The van der Waals surface area contributed by atoms with Crippen molar-refractivity contribution in [3.05, 3.63) is 94.5 Å². The highest BCUT2D eigenvalue weighted by molar-refractivity contribution is 7.92. The van der Waals surface area contributed by atoms with Crippen molar-refractivity contribution in [1.29, 1.82) is 0 Å². The lowest BCUT2D eigenvalue weighted by molar-refractivity contribution is -0.139. The number of hydrogen-bond acceptors (Lipinski definition) is 4. The Morgan fingerprint density at radius 1 is 0.949 bits per heavy atom. The molecule has 0 unspecified atom stereocenters. The number of halogens is 1. The van der Waals surface area contributed by atoms with Gasteiger partial charge in [0.05, 0.1) is 15.6 Å². The highest BCUT2D eigenvalue weighted by Gasteiger charge is 2.33. The second kappa shape index (κ2) is 13.6. The lowest BCUT2D eigenvalue weighted by Crippen LogP contribution is -2.51. The SMILES string of the molecule is CCCCNC(=O)[C@H](C)N(Cc1cccc(C)c1)C(=O)CN(c1ccccc1Cl)S(=O)(=O)c1ccc(C)cc1. The molecular weight excluding hydrogens is 534 g/mol. The van der Waals surface area contributed by atoms with Gasteiger partial charge in [0.2, 0.25) is 11.8 Å². The summed E-state index contributed by atoms with van der Waals surface area (Å²) in [6.45, 7) is 7.61. The van der Waals surface area contributed by atoms with Gasteiger partial charge < -0.3 is 10.2 Å². The number of anilines is 1. The lowest BCUT2D eigenvalue weighted by atomic mass is 10.1. The highest BCUT2D eigenvalue weighted by Crippen LogP contribution is 2.31.